The zero-order chi connectivity index (χ0) is 17.4. The second-order valence-electron chi connectivity index (χ2n) is 6.33. The first kappa shape index (κ1) is 16.0. The first-order valence-corrected chi connectivity index (χ1v) is 9.25. The van der Waals surface area contributed by atoms with Crippen LogP contribution >= 0.6 is 11.8 Å². The van der Waals surface area contributed by atoms with E-state index in [2.05, 4.69) is 90.7 Å². The minimum Gasteiger partial charge on any atom is -0.338 e. The molecule has 0 amide bonds. The minimum atomic E-state index is 0.793. The highest BCUT2D eigenvalue weighted by molar-refractivity contribution is 8.03. The summed E-state index contributed by atoms with van der Waals surface area (Å²) < 4.78 is 2.33. The van der Waals surface area contributed by atoms with E-state index < -0.39 is 0 Å². The summed E-state index contributed by atoms with van der Waals surface area (Å²) in [5, 5.41) is 2.50. The predicted octanol–water partition coefficient (Wildman–Crippen LogP) is 5.16. The number of fused-ring (bicyclic) bond motifs is 2. The highest BCUT2D eigenvalue weighted by atomic mass is 32.2. The fraction of sp³-hybridized carbons (Fsp3) is 0.136. The van der Waals surface area contributed by atoms with Gasteiger partial charge in [-0.2, -0.15) is 4.57 Å². The number of nitrogens with zero attached hydrogens (tertiary/aromatic N) is 2. The summed E-state index contributed by atoms with van der Waals surface area (Å²) in [5.41, 5.74) is 4.98. The normalized spacial score (nSPS) is 15.0. The van der Waals surface area contributed by atoms with E-state index >= 15 is 0 Å². The molecule has 3 aromatic rings. The number of aryl methyl sites for hydroxylation is 1. The van der Waals surface area contributed by atoms with Crippen LogP contribution in [0.4, 0.5) is 5.69 Å². The van der Waals surface area contributed by atoms with Crippen LogP contribution in [0.25, 0.3) is 17.0 Å². The van der Waals surface area contributed by atoms with Crippen molar-refractivity contribution in [3.63, 3.8) is 0 Å². The zero-order valence-electron chi connectivity index (χ0n) is 14.6. The number of thioether (sulfide) groups is 1. The number of allylic oxidation sites excluding steroid dienone is 1. The molecule has 3 heteroatoms. The number of anilines is 1. The number of hydrogen-bond acceptors (Lipinski definition) is 2. The van der Waals surface area contributed by atoms with E-state index in [1.165, 1.54) is 37.8 Å². The fourth-order valence-electron chi connectivity index (χ4n) is 3.29. The van der Waals surface area contributed by atoms with Crippen molar-refractivity contribution in [2.45, 2.75) is 18.4 Å². The topological polar surface area (TPSA) is 7.12 Å². The van der Waals surface area contributed by atoms with Crippen molar-refractivity contribution < 1.29 is 4.57 Å². The minimum absolute atomic E-state index is 0.793. The molecule has 0 aliphatic carbocycles. The van der Waals surface area contributed by atoms with Gasteiger partial charge in [-0.05, 0) is 37.3 Å². The predicted molar refractivity (Wildman–Crippen MR) is 108 cm³/mol. The summed E-state index contributed by atoms with van der Waals surface area (Å²) in [6, 6.07) is 19.6. The Morgan fingerprint density at radius 3 is 2.76 bits per heavy atom. The first-order valence-electron chi connectivity index (χ1n) is 8.44. The number of pyridine rings is 1. The number of hydrogen-bond donors (Lipinski definition) is 0. The van der Waals surface area contributed by atoms with Crippen LogP contribution in [0.5, 0.6) is 0 Å². The maximum Gasteiger partial charge on any atom is 0.213 e. The molecule has 0 unspecified atom stereocenters. The number of aromatic nitrogens is 1. The Morgan fingerprint density at radius 2 is 1.96 bits per heavy atom. The summed E-state index contributed by atoms with van der Waals surface area (Å²) in [7, 11) is 2.13. The van der Waals surface area contributed by atoms with Gasteiger partial charge in [-0.1, -0.05) is 42.1 Å². The molecule has 25 heavy (non-hydrogen) atoms. The van der Waals surface area contributed by atoms with Crippen LogP contribution < -0.4 is 9.47 Å². The monoisotopic (exact) mass is 345 g/mol. The standard InChI is InChI=1S/C22H21N2S/c1-4-13-24-18(11-10-17-14-16(2)9-12-19(17)24)15-22-23(3)20-7-5-6-8-21(20)25-22/h4-12,14-15H,1,13H2,2-3H3/q+1. The van der Waals surface area contributed by atoms with Gasteiger partial charge < -0.3 is 4.90 Å². The summed E-state index contributed by atoms with van der Waals surface area (Å²) >= 11 is 1.82. The van der Waals surface area contributed by atoms with Gasteiger partial charge in [0.15, 0.2) is 6.54 Å². The van der Waals surface area contributed by atoms with Gasteiger partial charge in [-0.3, -0.25) is 0 Å². The van der Waals surface area contributed by atoms with Crippen molar-refractivity contribution in [1.29, 1.82) is 0 Å². The molecule has 2 heterocycles. The second-order valence-corrected chi connectivity index (χ2v) is 7.39. The van der Waals surface area contributed by atoms with Gasteiger partial charge in [0.1, 0.15) is 0 Å². The molecule has 0 fully saturated rings. The molecular formula is C22H21N2S+. The van der Waals surface area contributed by atoms with Crippen LogP contribution in [0.2, 0.25) is 0 Å². The van der Waals surface area contributed by atoms with E-state index in [-0.39, 0.29) is 0 Å². The van der Waals surface area contributed by atoms with Crippen LogP contribution in [-0.2, 0) is 6.54 Å². The van der Waals surface area contributed by atoms with E-state index in [4.69, 9.17) is 0 Å². The van der Waals surface area contributed by atoms with Crippen molar-refractivity contribution in [2.24, 2.45) is 0 Å². The molecule has 0 N–H and O–H groups in total. The van der Waals surface area contributed by atoms with Crippen LogP contribution in [0.15, 0.2) is 77.2 Å². The average molecular weight is 345 g/mol. The van der Waals surface area contributed by atoms with Gasteiger partial charge in [0.25, 0.3) is 0 Å². The highest BCUT2D eigenvalue weighted by Gasteiger charge is 2.23. The van der Waals surface area contributed by atoms with Crippen LogP contribution in [0, 0.1) is 6.92 Å². The highest BCUT2D eigenvalue weighted by Crippen LogP contribution is 2.45. The number of para-hydroxylation sites is 1. The molecule has 0 bridgehead atoms. The molecule has 4 rings (SSSR count). The Labute approximate surface area is 153 Å². The number of rotatable bonds is 3. The Hall–Kier alpha value is -2.52. The maximum absolute atomic E-state index is 3.94. The van der Waals surface area contributed by atoms with Crippen LogP contribution in [0.3, 0.4) is 0 Å². The fourth-order valence-corrected chi connectivity index (χ4v) is 4.39. The van der Waals surface area contributed by atoms with Gasteiger partial charge in [-0.15, -0.1) is 0 Å². The molecule has 0 spiro atoms. The van der Waals surface area contributed by atoms with Gasteiger partial charge in [0, 0.05) is 35.5 Å². The van der Waals surface area contributed by atoms with Crippen molar-refractivity contribution in [1.82, 2.24) is 0 Å². The van der Waals surface area contributed by atoms with Crippen molar-refractivity contribution in [2.75, 3.05) is 11.9 Å². The summed E-state index contributed by atoms with van der Waals surface area (Å²) in [6.07, 6.45) is 4.23. The van der Waals surface area contributed by atoms with E-state index in [9.17, 15) is 0 Å². The van der Waals surface area contributed by atoms with Crippen LogP contribution in [-0.4, -0.2) is 7.05 Å². The lowest BCUT2D eigenvalue weighted by Gasteiger charge is -2.13. The smallest absolute Gasteiger partial charge is 0.213 e. The van der Waals surface area contributed by atoms with E-state index in [1.54, 1.807) is 0 Å². The van der Waals surface area contributed by atoms with E-state index in [0.717, 1.165) is 6.54 Å². The third-order valence-corrected chi connectivity index (χ3v) is 5.74. The average Bonchev–Trinajstić information content (AvgIpc) is 2.93. The summed E-state index contributed by atoms with van der Waals surface area (Å²) in [6.45, 7) is 6.87. The van der Waals surface area contributed by atoms with E-state index in [1.807, 2.05) is 17.8 Å². The molecule has 2 aromatic carbocycles. The number of benzene rings is 2. The summed E-state index contributed by atoms with van der Waals surface area (Å²) in [5.74, 6) is 0. The first-order chi connectivity index (χ1) is 12.2. The second kappa shape index (κ2) is 6.41. The Kier molecular flexibility index (Phi) is 4.10. The SMILES string of the molecule is C=CC[n+]1c(/C=C2\Sc3ccccc3N2C)ccc2cc(C)ccc21. The molecule has 0 saturated heterocycles. The third kappa shape index (κ3) is 2.85. The largest absolute Gasteiger partial charge is 0.338 e. The summed E-state index contributed by atoms with van der Waals surface area (Å²) in [4.78, 5) is 3.57. The Bertz CT molecular complexity index is 1000. The quantitative estimate of drug-likeness (QED) is 0.478. The van der Waals surface area contributed by atoms with Gasteiger partial charge in [-0.25, -0.2) is 0 Å². The molecule has 0 atom stereocenters. The lowest BCUT2D eigenvalue weighted by molar-refractivity contribution is -0.662. The van der Waals surface area contributed by atoms with Gasteiger partial charge in [0.2, 0.25) is 11.2 Å². The lowest BCUT2D eigenvalue weighted by atomic mass is 10.1. The molecule has 1 aliphatic rings. The molecule has 2 nitrogen and oxygen atoms in total. The molecular weight excluding hydrogens is 324 g/mol. The Morgan fingerprint density at radius 1 is 1.12 bits per heavy atom. The third-order valence-electron chi connectivity index (χ3n) is 4.57. The molecule has 1 aliphatic heterocycles. The van der Waals surface area contributed by atoms with Gasteiger partial charge in [0.05, 0.1) is 10.7 Å². The van der Waals surface area contributed by atoms with Crippen LogP contribution in [0.1, 0.15) is 11.3 Å². The molecule has 0 radical (unpaired) electrons. The molecule has 0 saturated carbocycles. The molecule has 124 valence electrons. The molecule has 1 aromatic heterocycles. The van der Waals surface area contributed by atoms with Crippen molar-refractivity contribution in [3.8, 4) is 0 Å². The zero-order valence-corrected chi connectivity index (χ0v) is 15.4. The lowest BCUT2D eigenvalue weighted by Crippen LogP contribution is -2.37. The van der Waals surface area contributed by atoms with Crippen molar-refractivity contribution in [3.05, 3.63) is 83.5 Å². The van der Waals surface area contributed by atoms with E-state index in [0.29, 0.717) is 0 Å². The maximum atomic E-state index is 3.94. The van der Waals surface area contributed by atoms with Gasteiger partial charge >= 0.3 is 0 Å². The van der Waals surface area contributed by atoms with Crippen molar-refractivity contribution >= 4 is 34.4 Å². The Balaban J connectivity index is 1.83.